The number of hydrogen-bond acceptors (Lipinski definition) is 3. The minimum Gasteiger partial charge on any atom is -0.279 e. The number of hydrazone groups is 1. The van der Waals surface area contributed by atoms with Crippen molar-refractivity contribution in [3.8, 4) is 0 Å². The number of halogens is 6. The first-order valence-corrected chi connectivity index (χ1v) is 3.65. The van der Waals surface area contributed by atoms with Crippen molar-refractivity contribution in [1.29, 1.82) is 0 Å². The first kappa shape index (κ1) is 10.5. The average molecular weight is 268 g/mol. The lowest BCUT2D eigenvalue weighted by Crippen LogP contribution is -2.55. The molecule has 0 bridgehead atoms. The SMILES string of the molecule is FC(F)(F)C(F)(F)C1NN=CN1Br. The Morgan fingerprint density at radius 3 is 2.15 bits per heavy atom. The predicted molar refractivity (Wildman–Crippen MR) is 37.2 cm³/mol. The maximum Gasteiger partial charge on any atom is 0.457 e. The van der Waals surface area contributed by atoms with Crippen LogP contribution < -0.4 is 5.43 Å². The number of nitrogens with zero attached hydrogens (tertiary/aromatic N) is 2. The van der Waals surface area contributed by atoms with Gasteiger partial charge in [-0.2, -0.15) is 27.1 Å². The molecule has 3 nitrogen and oxygen atoms in total. The second-order valence-electron chi connectivity index (χ2n) is 2.24. The highest BCUT2D eigenvalue weighted by molar-refractivity contribution is 9.07. The Morgan fingerprint density at radius 2 is 1.85 bits per heavy atom. The zero-order valence-electron chi connectivity index (χ0n) is 5.82. The van der Waals surface area contributed by atoms with Crippen LogP contribution in [0.5, 0.6) is 0 Å². The van der Waals surface area contributed by atoms with Gasteiger partial charge in [-0.3, -0.25) is 9.35 Å². The lowest BCUT2D eigenvalue weighted by atomic mass is 10.2. The molecule has 0 amide bonds. The van der Waals surface area contributed by atoms with Gasteiger partial charge in [0.15, 0.2) is 6.17 Å². The summed E-state index contributed by atoms with van der Waals surface area (Å²) in [7, 11) is 0. The summed E-state index contributed by atoms with van der Waals surface area (Å²) in [5.41, 5.74) is 1.63. The second-order valence-corrected chi connectivity index (χ2v) is 3.06. The van der Waals surface area contributed by atoms with Crippen molar-refractivity contribution in [1.82, 2.24) is 9.35 Å². The van der Waals surface area contributed by atoms with Crippen LogP contribution in [0, 0.1) is 0 Å². The van der Waals surface area contributed by atoms with Crippen LogP contribution in [-0.2, 0) is 0 Å². The van der Waals surface area contributed by atoms with E-state index in [2.05, 4.69) is 21.2 Å². The van der Waals surface area contributed by atoms with Crippen LogP contribution in [0.2, 0.25) is 0 Å². The molecule has 0 aromatic carbocycles. The molecule has 1 aliphatic heterocycles. The maximum atomic E-state index is 12.5. The van der Waals surface area contributed by atoms with Crippen LogP contribution in [0.1, 0.15) is 0 Å². The number of nitrogens with one attached hydrogen (secondary N) is 1. The minimum atomic E-state index is -5.61. The van der Waals surface area contributed by atoms with E-state index in [1.807, 2.05) is 0 Å². The van der Waals surface area contributed by atoms with E-state index in [9.17, 15) is 22.0 Å². The number of hydrogen-bond donors (Lipinski definition) is 1. The van der Waals surface area contributed by atoms with Crippen LogP contribution in [0.25, 0.3) is 0 Å². The molecule has 1 aliphatic rings. The molecule has 1 heterocycles. The van der Waals surface area contributed by atoms with E-state index < -0.39 is 18.3 Å². The predicted octanol–water partition coefficient (Wildman–Crippen LogP) is 1.67. The molecule has 0 fully saturated rings. The van der Waals surface area contributed by atoms with Gasteiger partial charge in [0.25, 0.3) is 0 Å². The summed E-state index contributed by atoms with van der Waals surface area (Å²) in [6.07, 6.45) is -7.07. The van der Waals surface area contributed by atoms with Crippen molar-refractivity contribution in [2.24, 2.45) is 5.10 Å². The fraction of sp³-hybridized carbons (Fsp3) is 0.750. The maximum absolute atomic E-state index is 12.5. The molecule has 0 aliphatic carbocycles. The molecule has 1 rings (SSSR count). The molecule has 0 aromatic rings. The standard InChI is InChI=1S/C4H3BrF5N3/c5-13-1-11-12-2(13)3(6,7)4(8,9)10/h1-2,12H. The third-order valence-corrected chi connectivity index (χ3v) is 1.93. The van der Waals surface area contributed by atoms with Crippen molar-refractivity contribution < 1.29 is 22.0 Å². The molecule has 0 radical (unpaired) electrons. The highest BCUT2D eigenvalue weighted by atomic mass is 79.9. The van der Waals surface area contributed by atoms with Gasteiger partial charge in [-0.1, -0.05) is 0 Å². The zero-order chi connectivity index (χ0) is 10.3. The topological polar surface area (TPSA) is 27.6 Å². The molecule has 1 N–H and O–H groups in total. The molecular weight excluding hydrogens is 265 g/mol. The molecule has 1 atom stereocenters. The van der Waals surface area contributed by atoms with Crippen LogP contribution in [0.3, 0.4) is 0 Å². The molecule has 0 saturated heterocycles. The van der Waals surface area contributed by atoms with E-state index in [1.165, 1.54) is 0 Å². The highest BCUT2D eigenvalue weighted by Gasteiger charge is 2.65. The van der Waals surface area contributed by atoms with Gasteiger partial charge in [0.1, 0.15) is 6.34 Å². The van der Waals surface area contributed by atoms with Gasteiger partial charge >= 0.3 is 12.1 Å². The van der Waals surface area contributed by atoms with Crippen LogP contribution in [0.15, 0.2) is 5.10 Å². The summed E-state index contributed by atoms with van der Waals surface area (Å²) in [6, 6.07) is 0. The Kier molecular flexibility index (Phi) is 2.39. The quantitative estimate of drug-likeness (QED) is 0.578. The fourth-order valence-electron chi connectivity index (χ4n) is 0.672. The minimum absolute atomic E-state index is 0.473. The Labute approximate surface area is 77.9 Å². The molecular formula is C4H3BrF5N3. The van der Waals surface area contributed by atoms with Gasteiger partial charge < -0.3 is 0 Å². The molecule has 76 valence electrons. The molecule has 13 heavy (non-hydrogen) atoms. The zero-order valence-corrected chi connectivity index (χ0v) is 7.40. The highest BCUT2D eigenvalue weighted by Crippen LogP contribution is 2.40. The van der Waals surface area contributed by atoms with Crippen LogP contribution >= 0.6 is 16.1 Å². The Morgan fingerprint density at radius 1 is 1.31 bits per heavy atom. The van der Waals surface area contributed by atoms with E-state index in [0.717, 1.165) is 6.34 Å². The summed E-state index contributed by atoms with van der Waals surface area (Å²) >= 11 is 2.47. The van der Waals surface area contributed by atoms with E-state index >= 15 is 0 Å². The Balaban J connectivity index is 2.82. The van der Waals surface area contributed by atoms with Gasteiger partial charge in [0, 0.05) is 0 Å². The first-order valence-electron chi connectivity index (χ1n) is 2.94. The third-order valence-electron chi connectivity index (χ3n) is 1.33. The molecule has 0 spiro atoms. The molecule has 0 saturated carbocycles. The lowest BCUT2D eigenvalue weighted by Gasteiger charge is -2.27. The fourth-order valence-corrected chi connectivity index (χ4v) is 1.11. The van der Waals surface area contributed by atoms with Crippen molar-refractivity contribution in [2.75, 3.05) is 0 Å². The normalized spacial score (nSPS) is 23.5. The van der Waals surface area contributed by atoms with E-state index in [4.69, 9.17) is 0 Å². The number of rotatable bonds is 1. The third kappa shape index (κ3) is 1.69. The number of alkyl halides is 5. The van der Waals surface area contributed by atoms with E-state index in [1.54, 1.807) is 5.43 Å². The van der Waals surface area contributed by atoms with Gasteiger partial charge in [-0.25, -0.2) is 0 Å². The van der Waals surface area contributed by atoms with Gasteiger partial charge in [0.05, 0.1) is 16.1 Å². The van der Waals surface area contributed by atoms with Crippen LogP contribution in [-0.4, -0.2) is 28.5 Å². The van der Waals surface area contributed by atoms with E-state index in [0.29, 0.717) is 3.93 Å². The summed E-state index contributed by atoms with van der Waals surface area (Å²) in [5, 5.41) is 3.05. The van der Waals surface area contributed by atoms with Crippen LogP contribution in [0.4, 0.5) is 22.0 Å². The Bertz CT molecular complexity index is 226. The molecule has 1 unspecified atom stereocenters. The van der Waals surface area contributed by atoms with Crippen molar-refractivity contribution in [3.05, 3.63) is 0 Å². The summed E-state index contributed by atoms with van der Waals surface area (Å²) in [4.78, 5) is 0. The lowest BCUT2D eigenvalue weighted by molar-refractivity contribution is -0.297. The largest absolute Gasteiger partial charge is 0.457 e. The second kappa shape index (κ2) is 2.96. The van der Waals surface area contributed by atoms with Crippen molar-refractivity contribution in [3.63, 3.8) is 0 Å². The van der Waals surface area contributed by atoms with Gasteiger partial charge in [-0.05, 0) is 0 Å². The molecule has 0 aromatic heterocycles. The molecule has 9 heteroatoms. The average Bonchev–Trinajstić information content (AvgIpc) is 2.32. The first-order chi connectivity index (χ1) is 5.77. The summed E-state index contributed by atoms with van der Waals surface area (Å²) < 4.78 is 60.9. The van der Waals surface area contributed by atoms with Crippen molar-refractivity contribution >= 4 is 22.5 Å². The van der Waals surface area contributed by atoms with Gasteiger partial charge in [-0.15, -0.1) is 0 Å². The van der Waals surface area contributed by atoms with E-state index in [-0.39, 0.29) is 0 Å². The summed E-state index contributed by atoms with van der Waals surface area (Å²) in [6.45, 7) is 0. The summed E-state index contributed by atoms with van der Waals surface area (Å²) in [5.74, 6) is -4.87. The monoisotopic (exact) mass is 267 g/mol. The van der Waals surface area contributed by atoms with Crippen molar-refractivity contribution in [2.45, 2.75) is 18.3 Å². The van der Waals surface area contributed by atoms with Gasteiger partial charge in [0.2, 0.25) is 0 Å². The Hall–Kier alpha value is -0.600. The smallest absolute Gasteiger partial charge is 0.279 e.